The van der Waals surface area contributed by atoms with Gasteiger partial charge in [-0.15, -0.1) is 0 Å². The molecule has 0 aromatic heterocycles. The summed E-state index contributed by atoms with van der Waals surface area (Å²) in [5.74, 6) is -0.650. The number of aliphatic carboxylic acids is 1. The molecule has 1 aromatic carbocycles. The quantitative estimate of drug-likeness (QED) is 0.835. The van der Waals surface area contributed by atoms with E-state index in [0.29, 0.717) is 24.4 Å². The highest BCUT2D eigenvalue weighted by Gasteiger charge is 2.39. The largest absolute Gasteiger partial charge is 0.496 e. The van der Waals surface area contributed by atoms with Crippen LogP contribution in [0, 0.1) is 5.41 Å². The van der Waals surface area contributed by atoms with Crippen LogP contribution in [0.4, 0.5) is 0 Å². The summed E-state index contributed by atoms with van der Waals surface area (Å²) in [5.41, 5.74) is 0.567. The van der Waals surface area contributed by atoms with E-state index in [2.05, 4.69) is 0 Å². The standard InChI is InChI=1S/C18H25NO6S/c1-24-16-3-2-15(12-14(16)13-17(20)21)26(22,23)19-8-4-18(5-9-19)6-10-25-11-7-18/h2-3,12H,4-11,13H2,1H3,(H,20,21). The fraction of sp³-hybridized carbons (Fsp3) is 0.611. The zero-order valence-electron chi connectivity index (χ0n) is 14.9. The predicted molar refractivity (Wildman–Crippen MR) is 94.8 cm³/mol. The fourth-order valence-corrected chi connectivity index (χ4v) is 5.36. The molecule has 7 nitrogen and oxygen atoms in total. The average Bonchev–Trinajstić information content (AvgIpc) is 2.62. The van der Waals surface area contributed by atoms with Crippen LogP contribution in [0.5, 0.6) is 5.75 Å². The van der Waals surface area contributed by atoms with Crippen LogP contribution < -0.4 is 4.74 Å². The molecule has 1 spiro atoms. The van der Waals surface area contributed by atoms with Gasteiger partial charge in [0.2, 0.25) is 10.0 Å². The molecule has 1 aromatic rings. The van der Waals surface area contributed by atoms with Crippen molar-refractivity contribution in [3.05, 3.63) is 23.8 Å². The predicted octanol–water partition coefficient (Wildman–Crippen LogP) is 1.90. The normalized spacial score (nSPS) is 20.8. The molecule has 0 amide bonds. The number of carboxylic acid groups (broad SMARTS) is 1. The van der Waals surface area contributed by atoms with Crippen LogP contribution in [-0.2, 0) is 26.0 Å². The molecule has 0 atom stereocenters. The molecular weight excluding hydrogens is 358 g/mol. The summed E-state index contributed by atoms with van der Waals surface area (Å²) >= 11 is 0. The number of methoxy groups -OCH3 is 1. The molecule has 1 N–H and O–H groups in total. The van der Waals surface area contributed by atoms with E-state index in [1.165, 1.54) is 29.6 Å². The molecule has 8 heteroatoms. The van der Waals surface area contributed by atoms with Crippen LogP contribution >= 0.6 is 0 Å². The highest BCUT2D eigenvalue weighted by molar-refractivity contribution is 7.89. The van der Waals surface area contributed by atoms with E-state index in [1.54, 1.807) is 0 Å². The van der Waals surface area contributed by atoms with E-state index in [4.69, 9.17) is 14.6 Å². The van der Waals surface area contributed by atoms with Crippen molar-refractivity contribution < 1.29 is 27.8 Å². The molecule has 0 radical (unpaired) electrons. The highest BCUT2D eigenvalue weighted by Crippen LogP contribution is 2.41. The molecule has 2 aliphatic heterocycles. The van der Waals surface area contributed by atoms with Crippen LogP contribution in [0.25, 0.3) is 0 Å². The minimum Gasteiger partial charge on any atom is -0.496 e. The Morgan fingerprint density at radius 1 is 1.23 bits per heavy atom. The number of ether oxygens (including phenoxy) is 2. The molecule has 144 valence electrons. The van der Waals surface area contributed by atoms with Gasteiger partial charge in [0.25, 0.3) is 0 Å². The number of carbonyl (C=O) groups is 1. The van der Waals surface area contributed by atoms with Crippen molar-refractivity contribution in [2.24, 2.45) is 5.41 Å². The first-order valence-electron chi connectivity index (χ1n) is 8.83. The Hall–Kier alpha value is -1.64. The molecule has 0 aliphatic carbocycles. The van der Waals surface area contributed by atoms with Crippen molar-refractivity contribution in [3.63, 3.8) is 0 Å². The van der Waals surface area contributed by atoms with E-state index >= 15 is 0 Å². The third kappa shape index (κ3) is 3.87. The Labute approximate surface area is 154 Å². The Morgan fingerprint density at radius 3 is 2.46 bits per heavy atom. The zero-order chi connectivity index (χ0) is 18.8. The minimum absolute atomic E-state index is 0.123. The van der Waals surface area contributed by atoms with Crippen molar-refractivity contribution in [3.8, 4) is 5.75 Å². The summed E-state index contributed by atoms with van der Waals surface area (Å²) in [6.07, 6.45) is 3.38. The van der Waals surface area contributed by atoms with Gasteiger partial charge in [0.05, 0.1) is 18.4 Å². The minimum atomic E-state index is -3.65. The van der Waals surface area contributed by atoms with Gasteiger partial charge >= 0.3 is 5.97 Å². The Balaban J connectivity index is 1.79. The number of carboxylic acids is 1. The first-order valence-corrected chi connectivity index (χ1v) is 10.3. The second-order valence-electron chi connectivity index (χ2n) is 7.06. The third-order valence-corrected chi connectivity index (χ3v) is 7.46. The van der Waals surface area contributed by atoms with Gasteiger partial charge < -0.3 is 14.6 Å². The van der Waals surface area contributed by atoms with Crippen molar-refractivity contribution in [1.82, 2.24) is 4.31 Å². The molecule has 2 saturated heterocycles. The lowest BCUT2D eigenvalue weighted by molar-refractivity contribution is -0.136. The van der Waals surface area contributed by atoms with Gasteiger partial charge in [0.15, 0.2) is 0 Å². The van der Waals surface area contributed by atoms with E-state index < -0.39 is 16.0 Å². The summed E-state index contributed by atoms with van der Waals surface area (Å²) in [5, 5.41) is 9.04. The van der Waals surface area contributed by atoms with Crippen molar-refractivity contribution >= 4 is 16.0 Å². The number of hydrogen-bond acceptors (Lipinski definition) is 5. The van der Waals surface area contributed by atoms with E-state index in [1.807, 2.05) is 0 Å². The summed E-state index contributed by atoms with van der Waals surface area (Å²) in [6, 6.07) is 4.43. The first kappa shape index (κ1) is 19.1. The van der Waals surface area contributed by atoms with Crippen molar-refractivity contribution in [1.29, 1.82) is 0 Å². The van der Waals surface area contributed by atoms with Crippen LogP contribution in [0.1, 0.15) is 31.2 Å². The van der Waals surface area contributed by atoms with Gasteiger partial charge in [-0.3, -0.25) is 4.79 Å². The number of hydrogen-bond donors (Lipinski definition) is 1. The Morgan fingerprint density at radius 2 is 1.88 bits per heavy atom. The fourth-order valence-electron chi connectivity index (χ4n) is 3.87. The van der Waals surface area contributed by atoms with Crippen LogP contribution in [-0.4, -0.2) is 57.2 Å². The Kier molecular flexibility index (Phi) is 5.55. The van der Waals surface area contributed by atoms with Crippen LogP contribution in [0.2, 0.25) is 0 Å². The van der Waals surface area contributed by atoms with Crippen molar-refractivity contribution in [2.75, 3.05) is 33.4 Å². The highest BCUT2D eigenvalue weighted by atomic mass is 32.2. The number of sulfonamides is 1. The molecule has 3 rings (SSSR count). The smallest absolute Gasteiger partial charge is 0.307 e. The van der Waals surface area contributed by atoms with E-state index in [0.717, 1.165) is 38.9 Å². The molecule has 2 fully saturated rings. The van der Waals surface area contributed by atoms with E-state index in [9.17, 15) is 13.2 Å². The van der Waals surface area contributed by atoms with Gasteiger partial charge in [-0.2, -0.15) is 4.31 Å². The van der Waals surface area contributed by atoms with Gasteiger partial charge in [-0.25, -0.2) is 8.42 Å². The number of benzene rings is 1. The summed E-state index contributed by atoms with van der Waals surface area (Å²) in [6.45, 7) is 2.48. The lowest BCUT2D eigenvalue weighted by atomic mass is 9.73. The third-order valence-electron chi connectivity index (χ3n) is 5.57. The zero-order valence-corrected chi connectivity index (χ0v) is 15.8. The maximum Gasteiger partial charge on any atom is 0.307 e. The van der Waals surface area contributed by atoms with Gasteiger partial charge in [0, 0.05) is 31.9 Å². The number of rotatable bonds is 5. The maximum absolute atomic E-state index is 13.0. The molecule has 2 aliphatic rings. The molecule has 0 bridgehead atoms. The lowest BCUT2D eigenvalue weighted by Crippen LogP contribution is -2.45. The van der Waals surface area contributed by atoms with Crippen molar-refractivity contribution in [2.45, 2.75) is 37.0 Å². The summed E-state index contributed by atoms with van der Waals surface area (Å²) in [7, 11) is -2.21. The SMILES string of the molecule is COc1ccc(S(=O)(=O)N2CCC3(CCOCC3)CC2)cc1CC(=O)O. The first-order chi connectivity index (χ1) is 12.4. The molecule has 2 heterocycles. The van der Waals surface area contributed by atoms with Crippen LogP contribution in [0.3, 0.4) is 0 Å². The molecular formula is C18H25NO6S. The number of piperidine rings is 1. The van der Waals surface area contributed by atoms with E-state index in [-0.39, 0.29) is 16.7 Å². The van der Waals surface area contributed by atoms with Gasteiger partial charge in [0.1, 0.15) is 5.75 Å². The van der Waals surface area contributed by atoms with Gasteiger partial charge in [-0.05, 0) is 49.3 Å². The topological polar surface area (TPSA) is 93.1 Å². The molecule has 0 unspecified atom stereocenters. The molecule has 26 heavy (non-hydrogen) atoms. The second-order valence-corrected chi connectivity index (χ2v) is 9.00. The number of nitrogens with zero attached hydrogens (tertiary/aromatic N) is 1. The summed E-state index contributed by atoms with van der Waals surface area (Å²) < 4.78 is 38.1. The summed E-state index contributed by atoms with van der Waals surface area (Å²) in [4.78, 5) is 11.2. The monoisotopic (exact) mass is 383 g/mol. The Bertz CT molecular complexity index is 760. The average molecular weight is 383 g/mol. The maximum atomic E-state index is 13.0. The lowest BCUT2D eigenvalue weighted by Gasteiger charge is -2.43. The van der Waals surface area contributed by atoms with Gasteiger partial charge in [-0.1, -0.05) is 0 Å². The molecule has 0 saturated carbocycles. The van der Waals surface area contributed by atoms with Crippen LogP contribution in [0.15, 0.2) is 23.1 Å². The second kappa shape index (κ2) is 7.54.